The number of nitrogens with one attached hydrogen (secondary N) is 1. The van der Waals surface area contributed by atoms with Gasteiger partial charge < -0.3 is 5.32 Å². The summed E-state index contributed by atoms with van der Waals surface area (Å²) >= 11 is 0. The van der Waals surface area contributed by atoms with Gasteiger partial charge in [-0.3, -0.25) is 9.69 Å². The average molecular weight is 196 g/mol. The lowest BCUT2D eigenvalue weighted by atomic mass is 10.0. The molecule has 1 fully saturated rings. The van der Waals surface area contributed by atoms with Gasteiger partial charge in [0.05, 0.1) is 0 Å². The first-order chi connectivity index (χ1) is 6.56. The Balaban J connectivity index is 2.55. The van der Waals surface area contributed by atoms with Gasteiger partial charge in [0.25, 0.3) is 0 Å². The molecule has 3 nitrogen and oxygen atoms in total. The Kier molecular flexibility index (Phi) is 3.69. The van der Waals surface area contributed by atoms with E-state index in [1.54, 1.807) is 13.1 Å². The van der Waals surface area contributed by atoms with E-state index in [4.69, 9.17) is 0 Å². The predicted molar refractivity (Wildman–Crippen MR) is 58.1 cm³/mol. The van der Waals surface area contributed by atoms with Gasteiger partial charge in [0, 0.05) is 18.7 Å². The van der Waals surface area contributed by atoms with Gasteiger partial charge in [-0.25, -0.2) is 0 Å². The van der Waals surface area contributed by atoms with Crippen LogP contribution in [0.25, 0.3) is 0 Å². The highest BCUT2D eigenvalue weighted by Gasteiger charge is 2.26. The number of carbonyl (C=O) groups is 1. The summed E-state index contributed by atoms with van der Waals surface area (Å²) in [6.45, 7) is 6.59. The Hall–Kier alpha value is -0.830. The smallest absolute Gasteiger partial charge is 0.243 e. The summed E-state index contributed by atoms with van der Waals surface area (Å²) in [7, 11) is 1.65. The topological polar surface area (TPSA) is 32.3 Å². The van der Waals surface area contributed by atoms with E-state index in [-0.39, 0.29) is 11.4 Å². The summed E-state index contributed by atoms with van der Waals surface area (Å²) < 4.78 is 0. The van der Waals surface area contributed by atoms with Crippen LogP contribution in [0.5, 0.6) is 0 Å². The first-order valence-corrected chi connectivity index (χ1v) is 5.22. The van der Waals surface area contributed by atoms with Crippen molar-refractivity contribution < 1.29 is 4.79 Å². The zero-order valence-electron chi connectivity index (χ0n) is 9.34. The Morgan fingerprint density at radius 2 is 1.93 bits per heavy atom. The van der Waals surface area contributed by atoms with Crippen LogP contribution in [0, 0.1) is 0 Å². The SMILES string of the molecule is CNC(=O)C=CC(C)(C)N1CCCC1. The quantitative estimate of drug-likeness (QED) is 0.687. The van der Waals surface area contributed by atoms with Crippen LogP contribution in [-0.4, -0.2) is 36.5 Å². The molecule has 0 atom stereocenters. The third-order valence-electron chi connectivity index (χ3n) is 2.81. The number of nitrogens with zero attached hydrogens (tertiary/aromatic N) is 1. The van der Waals surface area contributed by atoms with Crippen LogP contribution >= 0.6 is 0 Å². The molecule has 14 heavy (non-hydrogen) atoms. The second-order valence-corrected chi connectivity index (χ2v) is 4.30. The Morgan fingerprint density at radius 1 is 1.36 bits per heavy atom. The summed E-state index contributed by atoms with van der Waals surface area (Å²) in [5.41, 5.74) is 0.00299. The summed E-state index contributed by atoms with van der Waals surface area (Å²) in [5, 5.41) is 2.58. The monoisotopic (exact) mass is 196 g/mol. The van der Waals surface area contributed by atoms with Crippen LogP contribution in [0.3, 0.4) is 0 Å². The van der Waals surface area contributed by atoms with Crippen molar-refractivity contribution in [1.29, 1.82) is 0 Å². The van der Waals surface area contributed by atoms with E-state index in [2.05, 4.69) is 24.1 Å². The Bertz CT molecular complexity index is 227. The van der Waals surface area contributed by atoms with Crippen molar-refractivity contribution >= 4 is 5.91 Å². The van der Waals surface area contributed by atoms with E-state index in [1.165, 1.54) is 12.8 Å². The lowest BCUT2D eigenvalue weighted by molar-refractivity contribution is -0.116. The van der Waals surface area contributed by atoms with Crippen molar-refractivity contribution in [3.63, 3.8) is 0 Å². The number of carbonyl (C=O) groups excluding carboxylic acids is 1. The minimum absolute atomic E-state index is 0.00299. The molecule has 1 aliphatic heterocycles. The van der Waals surface area contributed by atoms with E-state index >= 15 is 0 Å². The molecule has 1 N–H and O–H groups in total. The summed E-state index contributed by atoms with van der Waals surface area (Å²) in [6, 6.07) is 0. The maximum atomic E-state index is 11.1. The van der Waals surface area contributed by atoms with Gasteiger partial charge in [0.15, 0.2) is 0 Å². The largest absolute Gasteiger partial charge is 0.356 e. The molecule has 1 heterocycles. The number of rotatable bonds is 3. The van der Waals surface area contributed by atoms with Gasteiger partial charge in [-0.05, 0) is 39.8 Å². The lowest BCUT2D eigenvalue weighted by Crippen LogP contribution is -2.40. The zero-order valence-corrected chi connectivity index (χ0v) is 9.34. The summed E-state index contributed by atoms with van der Waals surface area (Å²) in [4.78, 5) is 13.5. The van der Waals surface area contributed by atoms with Crippen LogP contribution in [0.15, 0.2) is 12.2 Å². The highest BCUT2D eigenvalue weighted by Crippen LogP contribution is 2.21. The fraction of sp³-hybridized carbons (Fsp3) is 0.727. The second-order valence-electron chi connectivity index (χ2n) is 4.30. The molecule has 0 saturated carbocycles. The van der Waals surface area contributed by atoms with Crippen LogP contribution < -0.4 is 5.32 Å². The Labute approximate surface area is 86.2 Å². The molecule has 0 radical (unpaired) electrons. The van der Waals surface area contributed by atoms with E-state index in [1.807, 2.05) is 6.08 Å². The van der Waals surface area contributed by atoms with Crippen LogP contribution in [-0.2, 0) is 4.79 Å². The van der Waals surface area contributed by atoms with Crippen molar-refractivity contribution in [2.45, 2.75) is 32.2 Å². The molecule has 80 valence electrons. The molecule has 3 heteroatoms. The fourth-order valence-electron chi connectivity index (χ4n) is 1.76. The lowest BCUT2D eigenvalue weighted by Gasteiger charge is -2.32. The predicted octanol–water partition coefficient (Wildman–Crippen LogP) is 1.16. The van der Waals surface area contributed by atoms with Crippen LogP contribution in [0.4, 0.5) is 0 Å². The van der Waals surface area contributed by atoms with Gasteiger partial charge in [0.2, 0.25) is 5.91 Å². The van der Waals surface area contributed by atoms with Gasteiger partial charge in [0.1, 0.15) is 0 Å². The first-order valence-electron chi connectivity index (χ1n) is 5.22. The third kappa shape index (κ3) is 2.84. The number of likely N-dealkylation sites (tertiary alicyclic amines) is 1. The van der Waals surface area contributed by atoms with Gasteiger partial charge in [-0.1, -0.05) is 6.08 Å². The van der Waals surface area contributed by atoms with E-state index in [9.17, 15) is 4.79 Å². The first kappa shape index (κ1) is 11.2. The number of likely N-dealkylation sites (N-methyl/N-ethyl adjacent to an activating group) is 1. The molecule has 0 aromatic heterocycles. The minimum Gasteiger partial charge on any atom is -0.356 e. The summed E-state index contributed by atoms with van der Waals surface area (Å²) in [6.07, 6.45) is 6.16. The van der Waals surface area contributed by atoms with Crippen LogP contribution in [0.1, 0.15) is 26.7 Å². The average Bonchev–Trinajstić information content (AvgIpc) is 2.67. The zero-order chi connectivity index (χ0) is 10.6. The highest BCUT2D eigenvalue weighted by molar-refractivity contribution is 5.87. The summed E-state index contributed by atoms with van der Waals surface area (Å²) in [5.74, 6) is -0.0303. The van der Waals surface area contributed by atoms with Gasteiger partial charge in [-0.2, -0.15) is 0 Å². The molecule has 1 rings (SSSR count). The molecule has 1 amide bonds. The molecular weight excluding hydrogens is 176 g/mol. The molecular formula is C11H20N2O. The second kappa shape index (κ2) is 4.60. The van der Waals surface area contributed by atoms with E-state index < -0.39 is 0 Å². The molecule has 0 bridgehead atoms. The minimum atomic E-state index is -0.0303. The van der Waals surface area contributed by atoms with Crippen molar-refractivity contribution in [1.82, 2.24) is 10.2 Å². The fourth-order valence-corrected chi connectivity index (χ4v) is 1.76. The number of hydrogen-bond donors (Lipinski definition) is 1. The molecule has 1 aliphatic rings. The van der Waals surface area contributed by atoms with Gasteiger partial charge >= 0.3 is 0 Å². The van der Waals surface area contributed by atoms with E-state index in [0.717, 1.165) is 13.1 Å². The highest BCUT2D eigenvalue weighted by atomic mass is 16.1. The Morgan fingerprint density at radius 3 is 2.43 bits per heavy atom. The molecule has 0 aromatic carbocycles. The maximum Gasteiger partial charge on any atom is 0.243 e. The molecule has 0 unspecified atom stereocenters. The third-order valence-corrected chi connectivity index (χ3v) is 2.81. The molecule has 0 aromatic rings. The van der Waals surface area contributed by atoms with Crippen LogP contribution in [0.2, 0.25) is 0 Å². The van der Waals surface area contributed by atoms with Crippen molar-refractivity contribution in [2.75, 3.05) is 20.1 Å². The standard InChI is InChI=1S/C11H20N2O/c1-11(2,7-6-10(14)12-3)13-8-4-5-9-13/h6-7H,4-5,8-9H2,1-3H3,(H,12,14). The maximum absolute atomic E-state index is 11.1. The number of amides is 1. The van der Waals surface area contributed by atoms with Gasteiger partial charge in [-0.15, -0.1) is 0 Å². The normalized spacial score (nSPS) is 19.1. The molecule has 0 aliphatic carbocycles. The molecule has 0 spiro atoms. The van der Waals surface area contributed by atoms with Crippen molar-refractivity contribution in [2.24, 2.45) is 0 Å². The van der Waals surface area contributed by atoms with Crippen molar-refractivity contribution in [3.05, 3.63) is 12.2 Å². The van der Waals surface area contributed by atoms with Crippen molar-refractivity contribution in [3.8, 4) is 0 Å². The molecule has 1 saturated heterocycles. The number of hydrogen-bond acceptors (Lipinski definition) is 2. The van der Waals surface area contributed by atoms with E-state index in [0.29, 0.717) is 0 Å².